The van der Waals surface area contributed by atoms with Gasteiger partial charge in [-0.05, 0) is 12.8 Å². The van der Waals surface area contributed by atoms with Crippen LogP contribution < -0.4 is 0 Å². The summed E-state index contributed by atoms with van der Waals surface area (Å²) in [6.07, 6.45) is 4.45. The smallest absolute Gasteiger partial charge is 0.248 e. The zero-order valence-electron chi connectivity index (χ0n) is 8.20. The number of carbonyl (C=O) groups is 1. The van der Waals surface area contributed by atoms with Crippen molar-refractivity contribution >= 4 is 6.29 Å². The highest BCUT2D eigenvalue weighted by Crippen LogP contribution is 2.37. The SMILES string of the molecule is O=Cc1cnn(C2CCC(F)(F)CC2)c1. The topological polar surface area (TPSA) is 34.9 Å². The molecule has 1 aromatic heterocycles. The van der Waals surface area contributed by atoms with Crippen LogP contribution in [0.15, 0.2) is 12.4 Å². The Morgan fingerprint density at radius 2 is 2.13 bits per heavy atom. The lowest BCUT2D eigenvalue weighted by atomic mass is 9.92. The highest BCUT2D eigenvalue weighted by atomic mass is 19.3. The number of alkyl halides is 2. The maximum Gasteiger partial charge on any atom is 0.248 e. The third-order valence-corrected chi connectivity index (χ3v) is 2.82. The highest BCUT2D eigenvalue weighted by Gasteiger charge is 2.35. The van der Waals surface area contributed by atoms with Gasteiger partial charge in [-0.1, -0.05) is 0 Å². The molecule has 1 saturated carbocycles. The lowest BCUT2D eigenvalue weighted by Gasteiger charge is -2.28. The molecule has 0 spiro atoms. The Hall–Kier alpha value is -1.26. The van der Waals surface area contributed by atoms with Gasteiger partial charge in [-0.15, -0.1) is 0 Å². The van der Waals surface area contributed by atoms with Crippen molar-refractivity contribution in [2.75, 3.05) is 0 Å². The van der Waals surface area contributed by atoms with Crippen molar-refractivity contribution in [3.05, 3.63) is 18.0 Å². The Kier molecular flexibility index (Phi) is 2.54. The molecule has 1 aromatic rings. The normalized spacial score (nSPS) is 21.5. The molecule has 15 heavy (non-hydrogen) atoms. The van der Waals surface area contributed by atoms with Gasteiger partial charge in [-0.3, -0.25) is 9.48 Å². The first-order valence-corrected chi connectivity index (χ1v) is 4.98. The molecule has 0 aliphatic heterocycles. The summed E-state index contributed by atoms with van der Waals surface area (Å²) < 4.78 is 27.4. The van der Waals surface area contributed by atoms with Crippen LogP contribution in [0.5, 0.6) is 0 Å². The first-order chi connectivity index (χ1) is 7.11. The minimum atomic E-state index is -2.52. The summed E-state index contributed by atoms with van der Waals surface area (Å²) in [5.74, 6) is -2.52. The second-order valence-electron chi connectivity index (χ2n) is 3.96. The zero-order chi connectivity index (χ0) is 10.9. The van der Waals surface area contributed by atoms with E-state index in [9.17, 15) is 13.6 Å². The predicted molar refractivity (Wildman–Crippen MR) is 50.1 cm³/mol. The fourth-order valence-corrected chi connectivity index (χ4v) is 1.90. The molecule has 1 aliphatic carbocycles. The highest BCUT2D eigenvalue weighted by molar-refractivity contribution is 5.73. The Morgan fingerprint density at radius 3 is 2.67 bits per heavy atom. The van der Waals surface area contributed by atoms with Crippen molar-refractivity contribution in [2.24, 2.45) is 0 Å². The van der Waals surface area contributed by atoms with Gasteiger partial charge >= 0.3 is 0 Å². The third-order valence-electron chi connectivity index (χ3n) is 2.82. The molecular formula is C10H12F2N2O. The fraction of sp³-hybridized carbons (Fsp3) is 0.600. The number of hydrogen-bond donors (Lipinski definition) is 0. The largest absolute Gasteiger partial charge is 0.298 e. The molecule has 0 amide bonds. The Balaban J connectivity index is 2.04. The van der Waals surface area contributed by atoms with Crippen LogP contribution in [0.1, 0.15) is 42.1 Å². The first kappa shape index (κ1) is 10.3. The van der Waals surface area contributed by atoms with E-state index in [2.05, 4.69) is 5.10 Å². The van der Waals surface area contributed by atoms with Crippen molar-refractivity contribution in [3.63, 3.8) is 0 Å². The van der Waals surface area contributed by atoms with Crippen LogP contribution in [-0.4, -0.2) is 22.0 Å². The maximum atomic E-state index is 12.9. The van der Waals surface area contributed by atoms with E-state index in [4.69, 9.17) is 0 Å². The molecule has 0 unspecified atom stereocenters. The van der Waals surface area contributed by atoms with Crippen LogP contribution >= 0.6 is 0 Å². The van der Waals surface area contributed by atoms with Gasteiger partial charge < -0.3 is 0 Å². The number of hydrogen-bond acceptors (Lipinski definition) is 2. The number of carbonyl (C=O) groups excluding carboxylic acids is 1. The van der Waals surface area contributed by atoms with Gasteiger partial charge in [0.1, 0.15) is 0 Å². The summed E-state index contributed by atoms with van der Waals surface area (Å²) in [5.41, 5.74) is 0.493. The summed E-state index contributed by atoms with van der Waals surface area (Å²) in [5, 5.41) is 4.00. The number of nitrogens with zero attached hydrogens (tertiary/aromatic N) is 2. The molecular weight excluding hydrogens is 202 g/mol. The molecule has 0 atom stereocenters. The van der Waals surface area contributed by atoms with Gasteiger partial charge in [0.15, 0.2) is 6.29 Å². The van der Waals surface area contributed by atoms with Gasteiger partial charge in [-0.2, -0.15) is 5.10 Å². The zero-order valence-corrected chi connectivity index (χ0v) is 8.20. The van der Waals surface area contributed by atoms with Crippen LogP contribution in [-0.2, 0) is 0 Å². The average Bonchev–Trinajstić information content (AvgIpc) is 2.66. The van der Waals surface area contributed by atoms with Crippen molar-refractivity contribution in [2.45, 2.75) is 37.6 Å². The summed E-state index contributed by atoms with van der Waals surface area (Å²) in [4.78, 5) is 10.4. The third kappa shape index (κ3) is 2.22. The van der Waals surface area contributed by atoms with Crippen molar-refractivity contribution in [1.29, 1.82) is 0 Å². The summed E-state index contributed by atoms with van der Waals surface area (Å²) >= 11 is 0. The molecule has 1 fully saturated rings. The molecule has 82 valence electrons. The number of aldehydes is 1. The second kappa shape index (κ2) is 3.72. The fourth-order valence-electron chi connectivity index (χ4n) is 1.90. The minimum absolute atomic E-state index is 0.0123. The lowest BCUT2D eigenvalue weighted by Crippen LogP contribution is -2.26. The van der Waals surface area contributed by atoms with Crippen LogP contribution in [0.25, 0.3) is 0 Å². The molecule has 0 radical (unpaired) electrons. The van der Waals surface area contributed by atoms with E-state index in [1.165, 1.54) is 6.20 Å². The van der Waals surface area contributed by atoms with E-state index in [-0.39, 0.29) is 18.9 Å². The monoisotopic (exact) mass is 214 g/mol. The maximum absolute atomic E-state index is 12.9. The van der Waals surface area contributed by atoms with E-state index in [1.54, 1.807) is 10.9 Å². The molecule has 0 bridgehead atoms. The van der Waals surface area contributed by atoms with Crippen LogP contribution in [0, 0.1) is 0 Å². The molecule has 0 N–H and O–H groups in total. The van der Waals surface area contributed by atoms with Gasteiger partial charge in [0.25, 0.3) is 0 Å². The Bertz CT molecular complexity index is 352. The van der Waals surface area contributed by atoms with E-state index in [0.717, 1.165) is 0 Å². The summed E-state index contributed by atoms with van der Waals surface area (Å²) in [6, 6.07) is 0.0123. The molecule has 5 heteroatoms. The van der Waals surface area contributed by atoms with Crippen LogP contribution in [0.4, 0.5) is 8.78 Å². The molecule has 3 nitrogen and oxygen atoms in total. The standard InChI is InChI=1S/C10H12F2N2O/c11-10(12)3-1-9(2-4-10)14-6-8(7-15)5-13-14/h5-7,9H,1-4H2. The van der Waals surface area contributed by atoms with Crippen LogP contribution in [0.2, 0.25) is 0 Å². The average molecular weight is 214 g/mol. The first-order valence-electron chi connectivity index (χ1n) is 4.98. The second-order valence-corrected chi connectivity index (χ2v) is 3.96. The molecule has 0 saturated heterocycles. The van der Waals surface area contributed by atoms with E-state index < -0.39 is 5.92 Å². The minimum Gasteiger partial charge on any atom is -0.298 e. The van der Waals surface area contributed by atoms with Gasteiger partial charge in [-0.25, -0.2) is 8.78 Å². The Morgan fingerprint density at radius 1 is 1.47 bits per heavy atom. The number of aromatic nitrogens is 2. The molecule has 1 heterocycles. The van der Waals surface area contributed by atoms with Gasteiger partial charge in [0, 0.05) is 19.0 Å². The van der Waals surface area contributed by atoms with E-state index in [0.29, 0.717) is 24.7 Å². The number of rotatable bonds is 2. The lowest BCUT2D eigenvalue weighted by molar-refractivity contribution is -0.0450. The van der Waals surface area contributed by atoms with Crippen molar-refractivity contribution in [1.82, 2.24) is 9.78 Å². The van der Waals surface area contributed by atoms with E-state index in [1.807, 2.05) is 0 Å². The van der Waals surface area contributed by atoms with E-state index >= 15 is 0 Å². The van der Waals surface area contributed by atoms with Crippen molar-refractivity contribution in [3.8, 4) is 0 Å². The summed E-state index contributed by atoms with van der Waals surface area (Å²) in [7, 11) is 0. The quantitative estimate of drug-likeness (QED) is 0.709. The number of halogens is 2. The Labute approximate surface area is 86.1 Å². The molecule has 1 aliphatic rings. The molecule has 0 aromatic carbocycles. The predicted octanol–water partition coefficient (Wildman–Crippen LogP) is 2.45. The molecule has 2 rings (SSSR count). The van der Waals surface area contributed by atoms with Crippen molar-refractivity contribution < 1.29 is 13.6 Å². The van der Waals surface area contributed by atoms with Gasteiger partial charge in [0.05, 0.1) is 17.8 Å². The van der Waals surface area contributed by atoms with Gasteiger partial charge in [0.2, 0.25) is 5.92 Å². The summed E-state index contributed by atoms with van der Waals surface area (Å²) in [6.45, 7) is 0. The van der Waals surface area contributed by atoms with Crippen LogP contribution in [0.3, 0.4) is 0 Å².